The van der Waals surface area contributed by atoms with E-state index in [4.69, 9.17) is 11.0 Å². The van der Waals surface area contributed by atoms with Crippen molar-refractivity contribution < 1.29 is 0 Å². The van der Waals surface area contributed by atoms with E-state index in [0.29, 0.717) is 11.3 Å². The fourth-order valence-electron chi connectivity index (χ4n) is 2.06. The van der Waals surface area contributed by atoms with Crippen molar-refractivity contribution in [3.63, 3.8) is 0 Å². The maximum atomic E-state index is 8.82. The third-order valence-corrected chi connectivity index (χ3v) is 3.86. The van der Waals surface area contributed by atoms with E-state index in [1.54, 1.807) is 0 Å². The molecule has 0 aliphatic carbocycles. The first-order valence-corrected chi connectivity index (χ1v) is 8.14. The van der Waals surface area contributed by atoms with E-state index in [0.717, 1.165) is 25.0 Å². The standard InChI is InChI=1S/C10H21N.C10H17N/c2*1-8(2)6-9(7-11)10(3,4)5/h9H,1,6-7,11H2,2-5H3;9H,1,6H2,2-5H3. The lowest BCUT2D eigenvalue weighted by Gasteiger charge is -2.29. The average molecular weight is 307 g/mol. The van der Waals surface area contributed by atoms with Gasteiger partial charge in [-0.05, 0) is 50.0 Å². The third-order valence-electron chi connectivity index (χ3n) is 3.86. The average Bonchev–Trinajstić information content (AvgIpc) is 2.30. The van der Waals surface area contributed by atoms with Gasteiger partial charge in [0.05, 0.1) is 12.0 Å². The van der Waals surface area contributed by atoms with Crippen LogP contribution < -0.4 is 5.73 Å². The molecule has 2 unspecified atom stereocenters. The van der Waals surface area contributed by atoms with Gasteiger partial charge in [0.1, 0.15) is 0 Å². The second-order valence-corrected chi connectivity index (χ2v) is 8.67. The fraction of sp³-hybridized carbons (Fsp3) is 0.750. The molecular weight excluding hydrogens is 268 g/mol. The summed E-state index contributed by atoms with van der Waals surface area (Å²) in [7, 11) is 0. The van der Waals surface area contributed by atoms with E-state index in [1.807, 2.05) is 6.92 Å². The van der Waals surface area contributed by atoms with Crippen LogP contribution in [0.2, 0.25) is 0 Å². The molecule has 22 heavy (non-hydrogen) atoms. The second-order valence-electron chi connectivity index (χ2n) is 8.67. The van der Waals surface area contributed by atoms with E-state index in [1.165, 1.54) is 5.57 Å². The molecule has 0 spiro atoms. The summed E-state index contributed by atoms with van der Waals surface area (Å²) in [6, 6.07) is 2.31. The molecule has 2 N–H and O–H groups in total. The summed E-state index contributed by atoms with van der Waals surface area (Å²) < 4.78 is 0. The predicted octanol–water partition coefficient (Wildman–Crippen LogP) is 5.71. The summed E-state index contributed by atoms with van der Waals surface area (Å²) in [5.41, 5.74) is 8.38. The lowest BCUT2D eigenvalue weighted by Crippen LogP contribution is -2.28. The Balaban J connectivity index is 0. The highest BCUT2D eigenvalue weighted by Crippen LogP contribution is 2.30. The fourth-order valence-corrected chi connectivity index (χ4v) is 2.06. The molecule has 0 rings (SSSR count). The SMILES string of the molecule is C=C(C)CC(C#N)C(C)(C)C.C=C(C)CC(CN)C(C)(C)C. The predicted molar refractivity (Wildman–Crippen MR) is 99.4 cm³/mol. The largest absolute Gasteiger partial charge is 0.330 e. The Kier molecular flexibility index (Phi) is 10.4. The van der Waals surface area contributed by atoms with Crippen LogP contribution in [0.1, 0.15) is 68.2 Å². The monoisotopic (exact) mass is 306 g/mol. The van der Waals surface area contributed by atoms with Gasteiger partial charge in [-0.2, -0.15) is 5.26 Å². The smallest absolute Gasteiger partial charge is 0.0664 e. The lowest BCUT2D eigenvalue weighted by molar-refractivity contribution is 0.245. The van der Waals surface area contributed by atoms with E-state index < -0.39 is 0 Å². The van der Waals surface area contributed by atoms with E-state index in [2.05, 4.69) is 67.7 Å². The second kappa shape index (κ2) is 9.85. The molecule has 0 radical (unpaired) electrons. The van der Waals surface area contributed by atoms with Gasteiger partial charge in [-0.3, -0.25) is 0 Å². The van der Waals surface area contributed by atoms with Crippen LogP contribution >= 0.6 is 0 Å². The van der Waals surface area contributed by atoms with Crippen LogP contribution in [-0.2, 0) is 0 Å². The highest BCUT2D eigenvalue weighted by Gasteiger charge is 2.24. The van der Waals surface area contributed by atoms with Gasteiger partial charge in [-0.15, -0.1) is 13.2 Å². The molecule has 0 aromatic heterocycles. The summed E-state index contributed by atoms with van der Waals surface area (Å²) in [4.78, 5) is 0. The highest BCUT2D eigenvalue weighted by atomic mass is 14.6. The zero-order chi connectivity index (χ0) is 18.1. The number of hydrogen-bond donors (Lipinski definition) is 1. The molecule has 0 amide bonds. The van der Waals surface area contributed by atoms with E-state index in [-0.39, 0.29) is 11.3 Å². The molecule has 0 saturated heterocycles. The van der Waals surface area contributed by atoms with Gasteiger partial charge < -0.3 is 5.73 Å². The normalized spacial score (nSPS) is 14.2. The number of allylic oxidation sites excluding steroid dienone is 2. The van der Waals surface area contributed by atoms with Crippen molar-refractivity contribution in [1.29, 1.82) is 5.26 Å². The topological polar surface area (TPSA) is 49.8 Å². The van der Waals surface area contributed by atoms with Gasteiger partial charge in [0.15, 0.2) is 0 Å². The van der Waals surface area contributed by atoms with Gasteiger partial charge in [-0.25, -0.2) is 0 Å². The summed E-state index contributed by atoms with van der Waals surface area (Å²) in [5.74, 6) is 0.667. The molecule has 0 heterocycles. The summed E-state index contributed by atoms with van der Waals surface area (Å²) in [5, 5.41) is 8.82. The lowest BCUT2D eigenvalue weighted by atomic mass is 9.77. The van der Waals surface area contributed by atoms with Gasteiger partial charge in [-0.1, -0.05) is 52.7 Å². The minimum atomic E-state index is 0.0771. The van der Waals surface area contributed by atoms with Crippen LogP contribution in [-0.4, -0.2) is 6.54 Å². The molecule has 128 valence electrons. The van der Waals surface area contributed by atoms with Crippen LogP contribution in [0, 0.1) is 34.0 Å². The van der Waals surface area contributed by atoms with Gasteiger partial charge in [0.2, 0.25) is 0 Å². The van der Waals surface area contributed by atoms with Crippen LogP contribution in [0.5, 0.6) is 0 Å². The summed E-state index contributed by atoms with van der Waals surface area (Å²) >= 11 is 0. The van der Waals surface area contributed by atoms with Crippen LogP contribution in [0.3, 0.4) is 0 Å². The summed E-state index contributed by atoms with van der Waals surface area (Å²) in [6.07, 6.45) is 1.88. The number of nitriles is 1. The van der Waals surface area contributed by atoms with Crippen molar-refractivity contribution in [2.75, 3.05) is 6.54 Å². The van der Waals surface area contributed by atoms with E-state index >= 15 is 0 Å². The van der Waals surface area contributed by atoms with Crippen LogP contribution in [0.25, 0.3) is 0 Å². The zero-order valence-electron chi connectivity index (χ0n) is 16.2. The number of nitrogens with zero attached hydrogens (tertiary/aromatic N) is 1. The van der Waals surface area contributed by atoms with Crippen molar-refractivity contribution >= 4 is 0 Å². The van der Waals surface area contributed by atoms with Crippen molar-refractivity contribution in [1.82, 2.24) is 0 Å². The third kappa shape index (κ3) is 11.6. The molecular formula is C20H38N2. The Morgan fingerprint density at radius 2 is 1.36 bits per heavy atom. The first kappa shape index (κ1) is 23.2. The Morgan fingerprint density at radius 1 is 0.955 bits per heavy atom. The van der Waals surface area contributed by atoms with Gasteiger partial charge >= 0.3 is 0 Å². The van der Waals surface area contributed by atoms with Crippen molar-refractivity contribution in [2.24, 2.45) is 28.4 Å². The highest BCUT2D eigenvalue weighted by molar-refractivity contribution is 5.01. The van der Waals surface area contributed by atoms with Crippen LogP contribution in [0.4, 0.5) is 0 Å². The first-order valence-electron chi connectivity index (χ1n) is 8.14. The maximum absolute atomic E-state index is 8.82. The number of hydrogen-bond acceptors (Lipinski definition) is 2. The molecule has 0 fully saturated rings. The molecule has 0 saturated carbocycles. The minimum Gasteiger partial charge on any atom is -0.330 e. The summed E-state index contributed by atoms with van der Waals surface area (Å²) in [6.45, 7) is 25.4. The molecule has 2 atom stereocenters. The Morgan fingerprint density at radius 3 is 1.45 bits per heavy atom. The molecule has 0 aliphatic heterocycles. The maximum Gasteiger partial charge on any atom is 0.0664 e. The minimum absolute atomic E-state index is 0.0771. The van der Waals surface area contributed by atoms with Crippen LogP contribution in [0.15, 0.2) is 24.3 Å². The number of nitrogens with two attached hydrogens (primary N) is 1. The van der Waals surface area contributed by atoms with Crippen molar-refractivity contribution in [2.45, 2.75) is 68.2 Å². The first-order chi connectivity index (χ1) is 9.75. The molecule has 0 aromatic carbocycles. The quantitative estimate of drug-likeness (QED) is 0.661. The molecule has 0 aromatic rings. The van der Waals surface area contributed by atoms with Gasteiger partial charge in [0, 0.05) is 0 Å². The Bertz CT molecular complexity index is 385. The van der Waals surface area contributed by atoms with Crippen molar-refractivity contribution in [3.8, 4) is 6.07 Å². The van der Waals surface area contributed by atoms with E-state index in [9.17, 15) is 0 Å². The molecule has 0 aliphatic rings. The van der Waals surface area contributed by atoms with Crippen molar-refractivity contribution in [3.05, 3.63) is 24.3 Å². The molecule has 0 bridgehead atoms. The molecule has 2 heteroatoms. The van der Waals surface area contributed by atoms with Gasteiger partial charge in [0.25, 0.3) is 0 Å². The Hall–Kier alpha value is -1.07. The zero-order valence-corrected chi connectivity index (χ0v) is 16.2. The Labute approximate surface area is 139 Å². The molecule has 2 nitrogen and oxygen atoms in total. The number of rotatable bonds is 5.